The summed E-state index contributed by atoms with van der Waals surface area (Å²) in [4.78, 5) is 12.5. The maximum absolute atomic E-state index is 10.8. The van der Waals surface area contributed by atoms with E-state index in [1.165, 1.54) is 12.1 Å². The van der Waals surface area contributed by atoms with Crippen LogP contribution in [0.3, 0.4) is 0 Å². The van der Waals surface area contributed by atoms with E-state index >= 15 is 0 Å². The van der Waals surface area contributed by atoms with Crippen molar-refractivity contribution in [3.63, 3.8) is 0 Å². The van der Waals surface area contributed by atoms with Crippen molar-refractivity contribution < 1.29 is 9.34 Å². The summed E-state index contributed by atoms with van der Waals surface area (Å²) in [6.45, 7) is 1.35. The van der Waals surface area contributed by atoms with Crippen LogP contribution in [0.4, 0.5) is 5.69 Å². The number of nitrogens with one attached hydrogen (secondary N) is 1. The quantitative estimate of drug-likeness (QED) is 0.485. The number of furan rings is 1. The topological polar surface area (TPSA) is 89.4 Å². The van der Waals surface area contributed by atoms with Crippen LogP contribution in [0.1, 0.15) is 17.4 Å². The summed E-state index contributed by atoms with van der Waals surface area (Å²) >= 11 is 0. The Kier molecular flexibility index (Phi) is 5.68. The molecule has 0 aliphatic carbocycles. The van der Waals surface area contributed by atoms with E-state index in [4.69, 9.17) is 4.42 Å². The van der Waals surface area contributed by atoms with E-state index in [-0.39, 0.29) is 11.7 Å². The largest absolute Gasteiger partial charge is 0.468 e. The van der Waals surface area contributed by atoms with Crippen LogP contribution in [0.5, 0.6) is 0 Å². The molecule has 0 radical (unpaired) electrons. The molecule has 0 saturated heterocycles. The number of aromatic nitrogens is 2. The lowest BCUT2D eigenvalue weighted by molar-refractivity contribution is -0.384. The summed E-state index contributed by atoms with van der Waals surface area (Å²) in [5.74, 6) is 0.911. The van der Waals surface area contributed by atoms with E-state index in [9.17, 15) is 10.1 Å². The smallest absolute Gasteiger partial charge is 0.269 e. The third kappa shape index (κ3) is 4.42. The number of nitro benzene ring substituents is 1. The molecule has 0 amide bonds. The van der Waals surface area contributed by atoms with Crippen molar-refractivity contribution in [3.05, 3.63) is 70.3 Å². The predicted octanol–water partition coefficient (Wildman–Crippen LogP) is 2.98. The highest BCUT2D eigenvalue weighted by atomic mass is 16.6. The first kappa shape index (κ1) is 18.8. The minimum absolute atomic E-state index is 0.0710. The van der Waals surface area contributed by atoms with Crippen molar-refractivity contribution in [2.45, 2.75) is 12.6 Å². The molecule has 27 heavy (non-hydrogen) atoms. The summed E-state index contributed by atoms with van der Waals surface area (Å²) in [5.41, 5.74) is 2.78. The molecule has 3 aromatic rings. The zero-order valence-electron chi connectivity index (χ0n) is 15.6. The summed E-state index contributed by atoms with van der Waals surface area (Å²) < 4.78 is 7.29. The third-order valence-electron chi connectivity index (χ3n) is 4.40. The van der Waals surface area contributed by atoms with Gasteiger partial charge in [0.1, 0.15) is 5.76 Å². The van der Waals surface area contributed by atoms with E-state index in [1.54, 1.807) is 23.1 Å². The van der Waals surface area contributed by atoms with Gasteiger partial charge >= 0.3 is 0 Å². The molecule has 2 heterocycles. The van der Waals surface area contributed by atoms with Crippen LogP contribution in [0, 0.1) is 10.1 Å². The second kappa shape index (κ2) is 8.15. The van der Waals surface area contributed by atoms with Crippen LogP contribution >= 0.6 is 0 Å². The van der Waals surface area contributed by atoms with Crippen LogP contribution in [0.25, 0.3) is 11.3 Å². The average molecular weight is 369 g/mol. The second-order valence-electron chi connectivity index (χ2n) is 6.61. The van der Waals surface area contributed by atoms with Gasteiger partial charge in [-0.15, -0.1) is 0 Å². The molecule has 8 nitrogen and oxygen atoms in total. The van der Waals surface area contributed by atoms with Crippen molar-refractivity contribution in [1.29, 1.82) is 0 Å². The Hall–Kier alpha value is -2.97. The Balaban J connectivity index is 1.71. The molecule has 1 unspecified atom stereocenters. The Morgan fingerprint density at radius 2 is 2.04 bits per heavy atom. The van der Waals surface area contributed by atoms with Gasteiger partial charge in [-0.3, -0.25) is 19.7 Å². The maximum atomic E-state index is 10.8. The normalized spacial score (nSPS) is 12.4. The Bertz CT molecular complexity index is 885. The van der Waals surface area contributed by atoms with E-state index in [2.05, 4.69) is 15.3 Å². The second-order valence-corrected chi connectivity index (χ2v) is 6.61. The molecule has 3 rings (SSSR count). The van der Waals surface area contributed by atoms with Gasteiger partial charge in [-0.05, 0) is 38.4 Å². The highest BCUT2D eigenvalue weighted by Gasteiger charge is 2.17. The number of nitrogens with zero attached hydrogens (tertiary/aromatic N) is 4. The molecular formula is C19H23N5O3. The van der Waals surface area contributed by atoms with Crippen molar-refractivity contribution >= 4 is 5.69 Å². The molecule has 0 spiro atoms. The number of likely N-dealkylation sites (N-methyl/N-ethyl adjacent to an activating group) is 1. The fourth-order valence-electron chi connectivity index (χ4n) is 3.01. The number of nitro groups is 1. The van der Waals surface area contributed by atoms with E-state index in [0.717, 1.165) is 29.1 Å². The minimum atomic E-state index is -0.402. The minimum Gasteiger partial charge on any atom is -0.468 e. The Labute approximate surface area is 157 Å². The molecule has 1 N–H and O–H groups in total. The van der Waals surface area contributed by atoms with Crippen molar-refractivity contribution in [1.82, 2.24) is 20.0 Å². The number of aryl methyl sites for hydroxylation is 1. The summed E-state index contributed by atoms with van der Waals surface area (Å²) in [6.07, 6.45) is 3.64. The standard InChI is InChI=1S/C19H23N5O3/c1-22(2)17(18-5-4-10-27-18)12-20-11-15-13-23(3)21-19(15)14-6-8-16(9-7-14)24(25)26/h4-10,13,17,20H,11-12H2,1-3H3. The zero-order chi connectivity index (χ0) is 19.4. The van der Waals surface area contributed by atoms with Crippen LogP contribution in [-0.4, -0.2) is 40.2 Å². The summed E-state index contributed by atoms with van der Waals surface area (Å²) in [7, 11) is 5.90. The Morgan fingerprint density at radius 3 is 2.63 bits per heavy atom. The van der Waals surface area contributed by atoms with Crippen LogP contribution in [0.2, 0.25) is 0 Å². The molecule has 0 fully saturated rings. The number of benzene rings is 1. The summed E-state index contributed by atoms with van der Waals surface area (Å²) in [5, 5.41) is 18.8. The molecule has 1 aromatic carbocycles. The molecule has 142 valence electrons. The van der Waals surface area contributed by atoms with Gasteiger partial charge in [0.25, 0.3) is 5.69 Å². The lowest BCUT2D eigenvalue weighted by Gasteiger charge is -2.22. The van der Waals surface area contributed by atoms with Gasteiger partial charge in [-0.2, -0.15) is 5.10 Å². The number of non-ortho nitro benzene ring substituents is 1. The van der Waals surface area contributed by atoms with Gasteiger partial charge in [-0.1, -0.05) is 0 Å². The molecule has 0 aliphatic rings. The average Bonchev–Trinajstić information content (AvgIpc) is 3.28. The van der Waals surface area contributed by atoms with E-state index < -0.39 is 4.92 Å². The molecular weight excluding hydrogens is 346 g/mol. The lowest BCUT2D eigenvalue weighted by Crippen LogP contribution is -2.30. The molecule has 1 atom stereocenters. The first-order chi connectivity index (χ1) is 13.0. The molecule has 8 heteroatoms. The van der Waals surface area contributed by atoms with Gasteiger partial charge in [0.2, 0.25) is 0 Å². The van der Waals surface area contributed by atoms with Gasteiger partial charge in [0.05, 0.1) is 22.9 Å². The zero-order valence-corrected chi connectivity index (χ0v) is 15.6. The van der Waals surface area contributed by atoms with Crippen molar-refractivity contribution in [3.8, 4) is 11.3 Å². The highest BCUT2D eigenvalue weighted by Crippen LogP contribution is 2.25. The SMILES string of the molecule is CN(C)C(CNCc1cn(C)nc1-c1ccc([N+](=O)[O-])cc1)c1ccco1. The van der Waals surface area contributed by atoms with E-state index in [1.807, 2.05) is 39.5 Å². The molecule has 0 aliphatic heterocycles. The maximum Gasteiger partial charge on any atom is 0.269 e. The van der Waals surface area contributed by atoms with Crippen LogP contribution in [0.15, 0.2) is 53.3 Å². The van der Waals surface area contributed by atoms with Gasteiger partial charge in [-0.25, -0.2) is 0 Å². The van der Waals surface area contributed by atoms with Crippen LogP contribution < -0.4 is 5.32 Å². The van der Waals surface area contributed by atoms with E-state index in [0.29, 0.717) is 6.54 Å². The number of hydrogen-bond donors (Lipinski definition) is 1. The lowest BCUT2D eigenvalue weighted by atomic mass is 10.1. The van der Waals surface area contributed by atoms with Crippen LogP contribution in [-0.2, 0) is 13.6 Å². The Morgan fingerprint density at radius 1 is 1.30 bits per heavy atom. The predicted molar refractivity (Wildman–Crippen MR) is 102 cm³/mol. The van der Waals surface area contributed by atoms with Gasteiger partial charge in [0.15, 0.2) is 0 Å². The number of hydrogen-bond acceptors (Lipinski definition) is 6. The molecule has 0 bridgehead atoms. The van der Waals surface area contributed by atoms with Crippen molar-refractivity contribution in [2.24, 2.45) is 7.05 Å². The fourth-order valence-corrected chi connectivity index (χ4v) is 3.01. The fraction of sp³-hybridized carbons (Fsp3) is 0.316. The highest BCUT2D eigenvalue weighted by molar-refractivity contribution is 5.64. The first-order valence-corrected chi connectivity index (χ1v) is 8.63. The number of rotatable bonds is 8. The van der Waals surface area contributed by atoms with Gasteiger partial charge in [0, 0.05) is 49.6 Å². The third-order valence-corrected chi connectivity index (χ3v) is 4.40. The van der Waals surface area contributed by atoms with Gasteiger partial charge < -0.3 is 9.73 Å². The monoisotopic (exact) mass is 369 g/mol. The van der Waals surface area contributed by atoms with Crippen molar-refractivity contribution in [2.75, 3.05) is 20.6 Å². The molecule has 0 saturated carbocycles. The molecule has 2 aromatic heterocycles. The summed E-state index contributed by atoms with van der Waals surface area (Å²) in [6, 6.07) is 10.4. The first-order valence-electron chi connectivity index (χ1n) is 8.63.